The van der Waals surface area contributed by atoms with Crippen LogP contribution < -0.4 is 0 Å². The van der Waals surface area contributed by atoms with Gasteiger partial charge in [-0.15, -0.1) is 11.3 Å². The van der Waals surface area contributed by atoms with Gasteiger partial charge in [-0.25, -0.2) is 4.98 Å². The fourth-order valence-electron chi connectivity index (χ4n) is 1.28. The molecule has 0 amide bonds. The lowest BCUT2D eigenvalue weighted by Gasteiger charge is -2.00. The molecule has 1 atom stereocenters. The predicted molar refractivity (Wildman–Crippen MR) is 58.3 cm³/mol. The number of thiazole rings is 1. The molecule has 0 N–H and O–H groups in total. The van der Waals surface area contributed by atoms with Gasteiger partial charge in [0.05, 0.1) is 15.2 Å². The van der Waals surface area contributed by atoms with E-state index in [2.05, 4.69) is 37.0 Å². The van der Waals surface area contributed by atoms with Gasteiger partial charge in [0.2, 0.25) is 0 Å². The van der Waals surface area contributed by atoms with Gasteiger partial charge >= 0.3 is 0 Å². The van der Waals surface area contributed by atoms with Gasteiger partial charge in [0.15, 0.2) is 0 Å². The van der Waals surface area contributed by atoms with Crippen LogP contribution in [0, 0.1) is 0 Å². The highest BCUT2D eigenvalue weighted by molar-refractivity contribution is 7.18. The minimum absolute atomic E-state index is 0.595. The third-order valence-corrected chi connectivity index (χ3v) is 3.61. The number of hydrogen-bond donors (Lipinski definition) is 0. The molecule has 1 nitrogen and oxygen atoms in total. The van der Waals surface area contributed by atoms with Crippen LogP contribution in [0.5, 0.6) is 0 Å². The first kappa shape index (κ1) is 8.70. The summed E-state index contributed by atoms with van der Waals surface area (Å²) in [5.41, 5.74) is 1.14. The maximum absolute atomic E-state index is 4.60. The highest BCUT2D eigenvalue weighted by Crippen LogP contribution is 2.28. The van der Waals surface area contributed by atoms with Crippen molar-refractivity contribution in [1.82, 2.24) is 4.98 Å². The SMILES string of the molecule is CC[C@H](C)c1nc2ccccc2s1. The van der Waals surface area contributed by atoms with E-state index in [1.165, 1.54) is 16.1 Å². The molecule has 0 aliphatic heterocycles. The Morgan fingerprint density at radius 1 is 1.38 bits per heavy atom. The van der Waals surface area contributed by atoms with Crippen molar-refractivity contribution in [2.24, 2.45) is 0 Å². The van der Waals surface area contributed by atoms with Crippen molar-refractivity contribution >= 4 is 21.6 Å². The van der Waals surface area contributed by atoms with Crippen LogP contribution in [0.15, 0.2) is 24.3 Å². The second-order valence-electron chi connectivity index (χ2n) is 3.33. The van der Waals surface area contributed by atoms with Crippen molar-refractivity contribution in [3.8, 4) is 0 Å². The average molecular weight is 191 g/mol. The summed E-state index contributed by atoms with van der Waals surface area (Å²) in [5.74, 6) is 0.595. The molecular formula is C11H13NS. The van der Waals surface area contributed by atoms with Crippen LogP contribution in [-0.4, -0.2) is 4.98 Å². The molecule has 2 rings (SSSR count). The molecule has 13 heavy (non-hydrogen) atoms. The maximum Gasteiger partial charge on any atom is 0.0966 e. The highest BCUT2D eigenvalue weighted by atomic mass is 32.1. The van der Waals surface area contributed by atoms with E-state index in [0.29, 0.717) is 5.92 Å². The smallest absolute Gasteiger partial charge is 0.0966 e. The third kappa shape index (κ3) is 1.59. The molecule has 0 spiro atoms. The quantitative estimate of drug-likeness (QED) is 0.703. The average Bonchev–Trinajstić information content (AvgIpc) is 2.59. The monoisotopic (exact) mass is 191 g/mol. The fourth-order valence-corrected chi connectivity index (χ4v) is 2.38. The first-order valence-electron chi connectivity index (χ1n) is 4.66. The van der Waals surface area contributed by atoms with Crippen LogP contribution in [-0.2, 0) is 0 Å². The number of para-hydroxylation sites is 1. The lowest BCUT2D eigenvalue weighted by molar-refractivity contribution is 0.729. The minimum Gasteiger partial charge on any atom is -0.241 e. The van der Waals surface area contributed by atoms with Gasteiger partial charge in [-0.2, -0.15) is 0 Å². The Morgan fingerprint density at radius 2 is 2.15 bits per heavy atom. The van der Waals surface area contributed by atoms with Crippen LogP contribution >= 0.6 is 11.3 Å². The predicted octanol–water partition coefficient (Wildman–Crippen LogP) is 3.81. The van der Waals surface area contributed by atoms with Gasteiger partial charge < -0.3 is 0 Å². The molecule has 1 aromatic heterocycles. The molecule has 0 saturated heterocycles. The summed E-state index contributed by atoms with van der Waals surface area (Å²) < 4.78 is 1.30. The number of hydrogen-bond acceptors (Lipinski definition) is 2. The van der Waals surface area contributed by atoms with Crippen molar-refractivity contribution in [2.75, 3.05) is 0 Å². The van der Waals surface area contributed by atoms with Gasteiger partial charge in [0.25, 0.3) is 0 Å². The summed E-state index contributed by atoms with van der Waals surface area (Å²) in [7, 11) is 0. The van der Waals surface area contributed by atoms with Gasteiger partial charge in [0.1, 0.15) is 0 Å². The van der Waals surface area contributed by atoms with E-state index in [-0.39, 0.29) is 0 Å². The summed E-state index contributed by atoms with van der Waals surface area (Å²) in [6.45, 7) is 4.44. The molecule has 0 bridgehead atoms. The summed E-state index contributed by atoms with van der Waals surface area (Å²) >= 11 is 1.82. The van der Waals surface area contributed by atoms with Crippen molar-refractivity contribution in [3.63, 3.8) is 0 Å². The Hall–Kier alpha value is -0.890. The summed E-state index contributed by atoms with van der Waals surface area (Å²) in [6.07, 6.45) is 1.17. The molecule has 0 radical (unpaired) electrons. The van der Waals surface area contributed by atoms with Crippen LogP contribution in [0.1, 0.15) is 31.2 Å². The summed E-state index contributed by atoms with van der Waals surface area (Å²) in [5, 5.41) is 1.27. The lowest BCUT2D eigenvalue weighted by atomic mass is 10.1. The number of nitrogens with zero attached hydrogens (tertiary/aromatic N) is 1. The Balaban J connectivity index is 2.49. The van der Waals surface area contributed by atoms with E-state index in [0.717, 1.165) is 5.52 Å². The number of rotatable bonds is 2. The van der Waals surface area contributed by atoms with Gasteiger partial charge in [-0.05, 0) is 18.6 Å². The molecule has 0 fully saturated rings. The van der Waals surface area contributed by atoms with E-state index >= 15 is 0 Å². The molecule has 1 aromatic carbocycles. The topological polar surface area (TPSA) is 12.9 Å². The fraction of sp³-hybridized carbons (Fsp3) is 0.364. The highest BCUT2D eigenvalue weighted by Gasteiger charge is 2.08. The summed E-state index contributed by atoms with van der Waals surface area (Å²) in [4.78, 5) is 4.60. The van der Waals surface area contributed by atoms with Gasteiger partial charge in [-0.3, -0.25) is 0 Å². The number of fused-ring (bicyclic) bond motifs is 1. The Morgan fingerprint density at radius 3 is 2.85 bits per heavy atom. The first-order chi connectivity index (χ1) is 6.31. The zero-order valence-corrected chi connectivity index (χ0v) is 8.77. The molecule has 0 aliphatic carbocycles. The molecule has 0 aliphatic rings. The standard InChI is InChI=1S/C11H13NS/c1-3-8(2)11-12-9-6-4-5-7-10(9)13-11/h4-8H,3H2,1-2H3/t8-/m0/s1. The summed E-state index contributed by atoms with van der Waals surface area (Å²) in [6, 6.07) is 8.33. The van der Waals surface area contributed by atoms with E-state index in [1.54, 1.807) is 0 Å². The van der Waals surface area contributed by atoms with Gasteiger partial charge in [-0.1, -0.05) is 26.0 Å². The molecule has 1 heterocycles. The molecule has 2 aromatic rings. The third-order valence-electron chi connectivity index (χ3n) is 2.34. The molecule has 2 heteroatoms. The van der Waals surface area contributed by atoms with Crippen molar-refractivity contribution in [3.05, 3.63) is 29.3 Å². The Labute approximate surface area is 82.4 Å². The van der Waals surface area contributed by atoms with Crippen LogP contribution in [0.4, 0.5) is 0 Å². The lowest BCUT2D eigenvalue weighted by Crippen LogP contribution is -1.88. The minimum atomic E-state index is 0.595. The van der Waals surface area contributed by atoms with E-state index in [4.69, 9.17) is 0 Å². The normalized spacial score (nSPS) is 13.4. The van der Waals surface area contributed by atoms with Gasteiger partial charge in [0, 0.05) is 5.92 Å². The Kier molecular flexibility index (Phi) is 2.32. The second kappa shape index (κ2) is 3.46. The van der Waals surface area contributed by atoms with E-state index in [9.17, 15) is 0 Å². The molecule has 0 unspecified atom stereocenters. The van der Waals surface area contributed by atoms with Crippen molar-refractivity contribution in [1.29, 1.82) is 0 Å². The zero-order chi connectivity index (χ0) is 9.26. The first-order valence-corrected chi connectivity index (χ1v) is 5.48. The molecular weight excluding hydrogens is 178 g/mol. The zero-order valence-electron chi connectivity index (χ0n) is 7.95. The van der Waals surface area contributed by atoms with Crippen LogP contribution in [0.25, 0.3) is 10.2 Å². The second-order valence-corrected chi connectivity index (χ2v) is 4.39. The van der Waals surface area contributed by atoms with Crippen molar-refractivity contribution in [2.45, 2.75) is 26.2 Å². The van der Waals surface area contributed by atoms with E-state index in [1.807, 2.05) is 17.4 Å². The van der Waals surface area contributed by atoms with Crippen molar-refractivity contribution < 1.29 is 0 Å². The van der Waals surface area contributed by atoms with Crippen LogP contribution in [0.2, 0.25) is 0 Å². The largest absolute Gasteiger partial charge is 0.241 e. The number of aromatic nitrogens is 1. The number of benzene rings is 1. The van der Waals surface area contributed by atoms with Crippen LogP contribution in [0.3, 0.4) is 0 Å². The van der Waals surface area contributed by atoms with E-state index < -0.39 is 0 Å². The molecule has 0 saturated carbocycles. The Bertz CT molecular complexity index is 372. The molecule has 68 valence electrons. The maximum atomic E-state index is 4.60.